The van der Waals surface area contributed by atoms with Crippen LogP contribution in [-0.2, 0) is 0 Å². The molecule has 0 aliphatic heterocycles. The Morgan fingerprint density at radius 1 is 0.545 bits per heavy atom. The summed E-state index contributed by atoms with van der Waals surface area (Å²) < 4.78 is 6.23. The fraction of sp³-hybridized carbons (Fsp3) is 0.111. The minimum atomic E-state index is 0.472. The second-order valence-corrected chi connectivity index (χ2v) is 12.3. The van der Waals surface area contributed by atoms with E-state index in [0.29, 0.717) is 29.0 Å². The van der Waals surface area contributed by atoms with Crippen LogP contribution in [0.5, 0.6) is 0 Å². The van der Waals surface area contributed by atoms with Crippen molar-refractivity contribution in [1.82, 2.24) is 0 Å². The van der Waals surface area contributed by atoms with Gasteiger partial charge in [-0.15, -0.1) is 0 Å². The molecule has 0 atom stereocenters. The molecule has 4 aromatic heterocycles. The number of rotatable bonds is 3. The van der Waals surface area contributed by atoms with E-state index >= 15 is 0 Å². The van der Waals surface area contributed by atoms with Crippen LogP contribution < -0.4 is 0 Å². The van der Waals surface area contributed by atoms with Crippen molar-refractivity contribution in [3.63, 3.8) is 0 Å². The Labute approximate surface area is 150 Å². The third-order valence-corrected chi connectivity index (χ3v) is 11.6. The van der Waals surface area contributed by atoms with E-state index < -0.39 is 0 Å². The minimum absolute atomic E-state index is 0.472. The SMILES string of the molecule is Cc1ccc(-c2ccc(-c3ccc(-c4ccc(C)s4)[se]3)[se]2)s1. The van der Waals surface area contributed by atoms with Crippen LogP contribution in [0.15, 0.2) is 48.5 Å². The zero-order valence-corrected chi connectivity index (χ0v) is 17.3. The van der Waals surface area contributed by atoms with E-state index in [1.807, 2.05) is 22.7 Å². The van der Waals surface area contributed by atoms with Crippen molar-refractivity contribution >= 4 is 51.7 Å². The van der Waals surface area contributed by atoms with Gasteiger partial charge in [-0.2, -0.15) is 0 Å². The van der Waals surface area contributed by atoms with Gasteiger partial charge in [-0.25, -0.2) is 0 Å². The molecule has 0 aliphatic rings. The molecule has 0 saturated heterocycles. The van der Waals surface area contributed by atoms with Gasteiger partial charge in [0.2, 0.25) is 0 Å². The Bertz CT molecular complexity index is 844. The fourth-order valence-corrected chi connectivity index (χ4v) is 9.33. The summed E-state index contributed by atoms with van der Waals surface area (Å²) in [4.78, 5) is 5.72. The summed E-state index contributed by atoms with van der Waals surface area (Å²) in [6.45, 7) is 4.37. The van der Waals surface area contributed by atoms with Crippen molar-refractivity contribution in [2.45, 2.75) is 13.8 Å². The van der Waals surface area contributed by atoms with Crippen molar-refractivity contribution in [3.8, 4) is 27.5 Å². The molecule has 0 spiro atoms. The normalized spacial score (nSPS) is 11.2. The summed E-state index contributed by atoms with van der Waals surface area (Å²) in [5.41, 5.74) is 0. The fourth-order valence-electron chi connectivity index (χ4n) is 2.34. The molecular weight excluding hydrogens is 438 g/mol. The molecule has 0 unspecified atom stereocenters. The van der Waals surface area contributed by atoms with Crippen LogP contribution in [0.3, 0.4) is 0 Å². The van der Waals surface area contributed by atoms with Gasteiger partial charge in [-0.05, 0) is 0 Å². The molecule has 22 heavy (non-hydrogen) atoms. The standard InChI is InChI=1S/C18H14S2Se2/c1-11-3-5-13(19-11)15-7-9-17(21-15)18-10-8-16(22-18)14-6-4-12(2)20-14/h3-10H,1-2H3. The Morgan fingerprint density at radius 3 is 1.32 bits per heavy atom. The van der Waals surface area contributed by atoms with Crippen molar-refractivity contribution in [3.05, 3.63) is 58.3 Å². The van der Waals surface area contributed by atoms with Crippen LogP contribution in [0.2, 0.25) is 0 Å². The molecule has 0 saturated carbocycles. The Balaban J connectivity index is 1.65. The molecule has 0 bridgehead atoms. The summed E-state index contributed by atoms with van der Waals surface area (Å²) in [5.74, 6) is 0. The van der Waals surface area contributed by atoms with E-state index in [-0.39, 0.29) is 0 Å². The molecule has 4 heteroatoms. The van der Waals surface area contributed by atoms with Gasteiger partial charge in [-0.3, -0.25) is 0 Å². The first-order chi connectivity index (χ1) is 10.7. The van der Waals surface area contributed by atoms with Crippen molar-refractivity contribution in [1.29, 1.82) is 0 Å². The van der Waals surface area contributed by atoms with Gasteiger partial charge < -0.3 is 0 Å². The van der Waals surface area contributed by atoms with Gasteiger partial charge in [-0.1, -0.05) is 0 Å². The molecule has 0 aliphatic carbocycles. The number of hydrogen-bond donors (Lipinski definition) is 0. The average molecular weight is 452 g/mol. The molecule has 0 fully saturated rings. The Hall–Kier alpha value is -0.601. The van der Waals surface area contributed by atoms with Gasteiger partial charge in [0.1, 0.15) is 0 Å². The van der Waals surface area contributed by atoms with Crippen LogP contribution in [0.25, 0.3) is 27.5 Å². The Morgan fingerprint density at radius 2 is 0.955 bits per heavy atom. The second kappa shape index (κ2) is 6.13. The summed E-state index contributed by atoms with van der Waals surface area (Å²) in [6.07, 6.45) is 0. The molecule has 4 heterocycles. The van der Waals surface area contributed by atoms with Crippen molar-refractivity contribution in [2.24, 2.45) is 0 Å². The van der Waals surface area contributed by atoms with Gasteiger partial charge in [0.15, 0.2) is 0 Å². The van der Waals surface area contributed by atoms with Crippen LogP contribution >= 0.6 is 22.7 Å². The second-order valence-electron chi connectivity index (χ2n) is 5.15. The summed E-state index contributed by atoms with van der Waals surface area (Å²) >= 11 is 4.78. The van der Waals surface area contributed by atoms with Crippen LogP contribution in [0, 0.1) is 13.8 Å². The average Bonchev–Trinajstić information content (AvgIpc) is 3.24. The maximum atomic E-state index is 2.36. The molecular formula is C18H14S2Se2. The monoisotopic (exact) mass is 454 g/mol. The molecule has 0 aromatic carbocycles. The first kappa shape index (κ1) is 15.0. The molecule has 4 aromatic rings. The summed E-state index contributed by atoms with van der Waals surface area (Å²) in [6, 6.07) is 18.4. The van der Waals surface area contributed by atoms with Crippen LogP contribution in [0.4, 0.5) is 0 Å². The van der Waals surface area contributed by atoms with Crippen LogP contribution in [-0.4, -0.2) is 29.0 Å². The maximum absolute atomic E-state index is 2.36. The molecule has 0 N–H and O–H groups in total. The molecule has 0 amide bonds. The third kappa shape index (κ3) is 2.92. The van der Waals surface area contributed by atoms with Crippen LogP contribution in [0.1, 0.15) is 9.75 Å². The Kier molecular flexibility index (Phi) is 4.17. The predicted octanol–water partition coefficient (Wildman–Crippen LogP) is 5.54. The zero-order chi connectivity index (χ0) is 15.1. The van der Waals surface area contributed by atoms with E-state index in [1.165, 1.54) is 28.4 Å². The first-order valence-corrected chi connectivity index (χ1v) is 12.1. The van der Waals surface area contributed by atoms with Gasteiger partial charge >= 0.3 is 151 Å². The quantitative estimate of drug-likeness (QED) is 0.358. The molecule has 4 rings (SSSR count). The number of aryl methyl sites for hydroxylation is 2. The van der Waals surface area contributed by atoms with Crippen molar-refractivity contribution < 1.29 is 0 Å². The van der Waals surface area contributed by atoms with Gasteiger partial charge in [0, 0.05) is 0 Å². The van der Waals surface area contributed by atoms with E-state index in [4.69, 9.17) is 0 Å². The van der Waals surface area contributed by atoms with E-state index in [9.17, 15) is 0 Å². The molecule has 110 valence electrons. The number of thiophene rings is 2. The predicted molar refractivity (Wildman–Crippen MR) is 102 cm³/mol. The van der Waals surface area contributed by atoms with E-state index in [1.54, 1.807) is 8.87 Å². The first-order valence-electron chi connectivity index (χ1n) is 7.03. The molecule has 0 nitrogen and oxygen atoms in total. The van der Waals surface area contributed by atoms with Crippen molar-refractivity contribution in [2.75, 3.05) is 0 Å². The third-order valence-electron chi connectivity index (χ3n) is 3.42. The zero-order valence-electron chi connectivity index (χ0n) is 12.3. The molecule has 0 radical (unpaired) electrons. The van der Waals surface area contributed by atoms with E-state index in [2.05, 4.69) is 62.4 Å². The van der Waals surface area contributed by atoms with E-state index in [0.717, 1.165) is 0 Å². The summed E-state index contributed by atoms with van der Waals surface area (Å²) in [5, 5.41) is 0. The number of hydrogen-bond acceptors (Lipinski definition) is 2. The summed E-state index contributed by atoms with van der Waals surface area (Å²) in [7, 11) is 0. The van der Waals surface area contributed by atoms with Gasteiger partial charge in [0.05, 0.1) is 0 Å². The van der Waals surface area contributed by atoms with Gasteiger partial charge in [0.25, 0.3) is 0 Å². The topological polar surface area (TPSA) is 0 Å².